The Kier molecular flexibility index (Phi) is 11.0. The molecule has 3 atom stereocenters. The number of ether oxygens (including phenoxy) is 2. The number of benzene rings is 2. The van der Waals surface area contributed by atoms with Crippen molar-refractivity contribution in [1.29, 1.82) is 0 Å². The third kappa shape index (κ3) is 8.26. The molecule has 5 aromatic rings. The number of anilines is 1. The van der Waals surface area contributed by atoms with Crippen molar-refractivity contribution >= 4 is 33.4 Å². The average molecular weight is 807 g/mol. The Bertz CT molecular complexity index is 2320. The summed E-state index contributed by atoms with van der Waals surface area (Å²) < 4.78 is 34.6. The largest absolute Gasteiger partial charge is 0.508 e. The van der Waals surface area contributed by atoms with E-state index in [9.17, 15) is 9.90 Å². The van der Waals surface area contributed by atoms with Crippen LogP contribution in [0.3, 0.4) is 0 Å². The number of phenols is 1. The van der Waals surface area contributed by atoms with Crippen LogP contribution in [0, 0.1) is 11.2 Å². The summed E-state index contributed by atoms with van der Waals surface area (Å²) in [6.07, 6.45) is 9.82. The molecule has 14 heteroatoms. The van der Waals surface area contributed by atoms with Gasteiger partial charge in [0.1, 0.15) is 35.1 Å². The highest BCUT2D eigenvalue weighted by molar-refractivity contribution is 6.01. The number of fused-ring (bicyclic) bond motifs is 4. The van der Waals surface area contributed by atoms with Crippen LogP contribution in [0.25, 0.3) is 32.9 Å². The fourth-order valence-electron chi connectivity index (χ4n) is 9.69. The third-order valence-corrected chi connectivity index (χ3v) is 13.2. The van der Waals surface area contributed by atoms with E-state index in [2.05, 4.69) is 41.0 Å². The first-order valence-electron chi connectivity index (χ1n) is 21.5. The van der Waals surface area contributed by atoms with Gasteiger partial charge in [-0.25, -0.2) is 4.39 Å². The number of piperazine rings is 1. The van der Waals surface area contributed by atoms with E-state index in [-0.39, 0.29) is 46.8 Å². The summed E-state index contributed by atoms with van der Waals surface area (Å²) in [6, 6.07) is 12.1. The van der Waals surface area contributed by atoms with E-state index in [4.69, 9.17) is 28.9 Å². The Hall–Kier alpha value is -5.08. The van der Waals surface area contributed by atoms with Gasteiger partial charge in [0.25, 0.3) is 5.88 Å². The van der Waals surface area contributed by atoms with Gasteiger partial charge in [-0.05, 0) is 110 Å². The van der Waals surface area contributed by atoms with Gasteiger partial charge in [-0.1, -0.05) is 32.0 Å². The summed E-state index contributed by atoms with van der Waals surface area (Å²) in [6.45, 7) is 12.2. The number of piperidine rings is 1. The number of phenolic OH excluding ortho intramolecular Hbond substituents is 1. The molecule has 4 saturated heterocycles. The van der Waals surface area contributed by atoms with E-state index in [1.54, 1.807) is 24.4 Å². The molecule has 2 aromatic carbocycles. The number of likely N-dealkylation sites (tertiary alicyclic amines) is 2. The number of nitrogens with one attached hydrogen (secondary N) is 1. The quantitative estimate of drug-likeness (QED) is 0.131. The molecule has 0 radical (unpaired) electrons. The Labute approximate surface area is 344 Å². The summed E-state index contributed by atoms with van der Waals surface area (Å²) in [5.41, 5.74) is 2.00. The lowest BCUT2D eigenvalue weighted by Gasteiger charge is -2.39. The summed E-state index contributed by atoms with van der Waals surface area (Å²) in [5, 5.41) is 20.7. The number of hydrogen-bond acceptors (Lipinski definition) is 12. The maximum absolute atomic E-state index is 17.0. The molecule has 1 amide bonds. The number of nitrogens with zero attached hydrogens (tertiary/aromatic N) is 7. The van der Waals surface area contributed by atoms with Crippen molar-refractivity contribution in [2.24, 2.45) is 5.41 Å². The van der Waals surface area contributed by atoms with E-state index >= 15 is 4.39 Å². The number of halogens is 1. The van der Waals surface area contributed by atoms with Crippen LogP contribution in [0.5, 0.6) is 17.6 Å². The lowest BCUT2D eigenvalue weighted by Crippen LogP contribution is -2.51. The van der Waals surface area contributed by atoms with Crippen molar-refractivity contribution in [3.05, 3.63) is 59.7 Å². The average Bonchev–Trinajstić information content (AvgIpc) is 3.97. The molecular formula is C45H55FN8O5. The third-order valence-electron chi connectivity index (χ3n) is 13.2. The van der Waals surface area contributed by atoms with Crippen LogP contribution >= 0.6 is 0 Å². The molecule has 3 aromatic heterocycles. The zero-order valence-corrected chi connectivity index (χ0v) is 34.4. The molecule has 0 saturated carbocycles. The molecule has 4 aliphatic heterocycles. The predicted octanol–water partition coefficient (Wildman–Crippen LogP) is 6.68. The first-order chi connectivity index (χ1) is 28.6. The number of carbonyl (C=O) groups excluding carboxylic acids is 1. The number of amides is 1. The van der Waals surface area contributed by atoms with Crippen molar-refractivity contribution in [1.82, 2.24) is 35.2 Å². The molecule has 2 N–H and O–H groups in total. The van der Waals surface area contributed by atoms with Gasteiger partial charge in [0.05, 0.1) is 18.4 Å². The molecule has 0 aliphatic carbocycles. The van der Waals surface area contributed by atoms with Crippen molar-refractivity contribution in [3.63, 3.8) is 0 Å². The minimum absolute atomic E-state index is 0.0510. The number of rotatable bonds is 13. The Morgan fingerprint density at radius 3 is 2.63 bits per heavy atom. The fraction of sp³-hybridized carbons (Fsp3) is 0.533. The molecule has 2 bridgehead atoms. The minimum Gasteiger partial charge on any atom is -0.508 e. The first-order valence-corrected chi connectivity index (χ1v) is 21.5. The number of hydrogen-bond donors (Lipinski definition) is 2. The normalized spacial score (nSPS) is 21.8. The highest BCUT2D eigenvalue weighted by Gasteiger charge is 2.35. The van der Waals surface area contributed by atoms with Crippen molar-refractivity contribution in [3.8, 4) is 28.9 Å². The second-order valence-electron chi connectivity index (χ2n) is 17.4. The van der Waals surface area contributed by atoms with E-state index in [1.807, 2.05) is 23.1 Å². The van der Waals surface area contributed by atoms with E-state index in [0.717, 1.165) is 100 Å². The van der Waals surface area contributed by atoms with Crippen LogP contribution in [0.15, 0.2) is 47.1 Å². The van der Waals surface area contributed by atoms with Crippen LogP contribution in [-0.2, 0) is 17.6 Å². The molecule has 59 heavy (non-hydrogen) atoms. The molecule has 3 unspecified atom stereocenters. The topological polar surface area (TPSA) is 142 Å². The molecule has 9 rings (SSSR count). The summed E-state index contributed by atoms with van der Waals surface area (Å²) in [7, 11) is 0. The van der Waals surface area contributed by atoms with Gasteiger partial charge in [0.15, 0.2) is 5.82 Å². The fourth-order valence-corrected chi connectivity index (χ4v) is 9.69. The van der Waals surface area contributed by atoms with Crippen LogP contribution < -0.4 is 19.7 Å². The minimum atomic E-state index is -0.558. The van der Waals surface area contributed by atoms with Gasteiger partial charge in [-0.2, -0.15) is 9.97 Å². The van der Waals surface area contributed by atoms with E-state index < -0.39 is 5.82 Å². The number of aromatic nitrogens is 4. The van der Waals surface area contributed by atoms with Gasteiger partial charge < -0.3 is 34.2 Å². The second-order valence-corrected chi connectivity index (χ2v) is 17.4. The summed E-state index contributed by atoms with van der Waals surface area (Å²) in [5.74, 6) is 1.16. The van der Waals surface area contributed by atoms with Crippen LogP contribution in [0.2, 0.25) is 0 Å². The first kappa shape index (κ1) is 39.4. The predicted molar refractivity (Wildman–Crippen MR) is 223 cm³/mol. The second kappa shape index (κ2) is 16.5. The standard InChI is InChI=1S/C45H55FN8O5/c1-4-29-8-5-9-30-21-33(55)22-35(39(29)30)41-40(46)42-36(25-47-41)43(53-26-31-10-11-32(27-53)48-31)50-44(49-42)58-20-18-52-16-12-45(3,13-17-52)14-19-57-37-23-34(59-51-37)24-38(56)54-15-6-7-28(54)2/h5,8-9,21-23,25,28,31-32,48,55H,4,6-7,10-20,24,26-27H2,1-3H3. The SMILES string of the molecule is CCc1cccc2cc(O)cc(-c3ncc4c(N5CC6CCC(C5)N6)nc(OCCN5CCC(C)(CCOc6cc(CC(=O)N7CCCC7C)on6)CC5)nc4c3F)c12. The number of pyridine rings is 1. The monoisotopic (exact) mass is 806 g/mol. The lowest BCUT2D eigenvalue weighted by molar-refractivity contribution is -0.131. The maximum atomic E-state index is 17.0. The van der Waals surface area contributed by atoms with E-state index in [1.165, 1.54) is 0 Å². The number of carbonyl (C=O) groups is 1. The van der Waals surface area contributed by atoms with Crippen molar-refractivity contribution in [2.45, 2.75) is 96.7 Å². The maximum Gasteiger partial charge on any atom is 0.319 e. The van der Waals surface area contributed by atoms with Crippen molar-refractivity contribution < 1.29 is 28.3 Å². The number of aromatic hydroxyl groups is 1. The van der Waals surface area contributed by atoms with Crippen LogP contribution in [-0.4, -0.2) is 112 Å². The zero-order valence-electron chi connectivity index (χ0n) is 34.4. The van der Waals surface area contributed by atoms with Crippen molar-refractivity contribution in [2.75, 3.05) is 57.4 Å². The van der Waals surface area contributed by atoms with Gasteiger partial charge in [-0.3, -0.25) is 14.7 Å². The number of aryl methyl sites for hydroxylation is 1. The molecule has 13 nitrogen and oxygen atoms in total. The smallest absolute Gasteiger partial charge is 0.319 e. The van der Waals surface area contributed by atoms with Gasteiger partial charge in [0, 0.05) is 62.1 Å². The Balaban J connectivity index is 0.853. The molecule has 7 heterocycles. The van der Waals surface area contributed by atoms with Gasteiger partial charge in [-0.15, -0.1) is 0 Å². The highest BCUT2D eigenvalue weighted by Crippen LogP contribution is 2.39. The molecule has 312 valence electrons. The molecule has 4 fully saturated rings. The van der Waals surface area contributed by atoms with Crippen LogP contribution in [0.4, 0.5) is 10.2 Å². The molecule has 0 spiro atoms. The highest BCUT2D eigenvalue weighted by atomic mass is 19.1. The van der Waals surface area contributed by atoms with Crippen LogP contribution in [0.1, 0.15) is 77.0 Å². The lowest BCUT2D eigenvalue weighted by atomic mass is 9.78. The van der Waals surface area contributed by atoms with Gasteiger partial charge in [0.2, 0.25) is 5.91 Å². The summed E-state index contributed by atoms with van der Waals surface area (Å²) in [4.78, 5) is 33.5. The van der Waals surface area contributed by atoms with Gasteiger partial charge >= 0.3 is 6.01 Å². The molecule has 4 aliphatic rings. The Morgan fingerprint density at radius 2 is 1.86 bits per heavy atom. The Morgan fingerprint density at radius 1 is 1.05 bits per heavy atom. The van der Waals surface area contributed by atoms with E-state index in [0.29, 0.717) is 60.2 Å². The molecular weight excluding hydrogens is 752 g/mol. The summed E-state index contributed by atoms with van der Waals surface area (Å²) >= 11 is 0. The zero-order chi connectivity index (χ0) is 40.7.